The molecule has 0 saturated carbocycles. The zero-order valence-electron chi connectivity index (χ0n) is 18.8. The van der Waals surface area contributed by atoms with Crippen LogP contribution in [0.3, 0.4) is 0 Å². The second-order valence-corrected chi connectivity index (χ2v) is 10.8. The van der Waals surface area contributed by atoms with Crippen LogP contribution in [0.15, 0.2) is 64.5 Å². The number of rotatable bonds is 7. The second-order valence-electron chi connectivity index (χ2n) is 8.34. The van der Waals surface area contributed by atoms with E-state index in [1.807, 2.05) is 42.2 Å². The Morgan fingerprint density at radius 1 is 1.03 bits per heavy atom. The molecule has 6 nitrogen and oxygen atoms in total. The molecule has 1 aliphatic heterocycles. The molecule has 2 aromatic carbocycles. The molecule has 0 radical (unpaired) electrons. The van der Waals surface area contributed by atoms with Crippen molar-refractivity contribution in [2.24, 2.45) is 0 Å². The van der Waals surface area contributed by atoms with E-state index in [-0.39, 0.29) is 17.7 Å². The van der Waals surface area contributed by atoms with Crippen molar-refractivity contribution in [3.05, 3.63) is 86.0 Å². The fourth-order valence-corrected chi connectivity index (χ4v) is 5.32. The minimum atomic E-state index is -0.762. The van der Waals surface area contributed by atoms with Gasteiger partial charge in [-0.25, -0.2) is 0 Å². The molecule has 0 aliphatic carbocycles. The van der Waals surface area contributed by atoms with E-state index >= 15 is 0 Å². The molecule has 1 aliphatic rings. The number of hydrogen-bond donors (Lipinski definition) is 2. The van der Waals surface area contributed by atoms with Gasteiger partial charge in [0.15, 0.2) is 0 Å². The van der Waals surface area contributed by atoms with Gasteiger partial charge in [-0.15, -0.1) is 11.3 Å². The van der Waals surface area contributed by atoms with Crippen molar-refractivity contribution in [2.75, 3.05) is 18.4 Å². The van der Waals surface area contributed by atoms with Crippen LogP contribution >= 0.6 is 27.3 Å². The van der Waals surface area contributed by atoms with E-state index in [2.05, 4.69) is 26.6 Å². The van der Waals surface area contributed by atoms with Crippen molar-refractivity contribution in [3.8, 4) is 0 Å². The number of aryl methyl sites for hydroxylation is 1. The lowest BCUT2D eigenvalue weighted by Gasteiger charge is -2.20. The number of nitrogens with zero attached hydrogens (tertiary/aromatic N) is 1. The average Bonchev–Trinajstić information content (AvgIpc) is 3.51. The van der Waals surface area contributed by atoms with E-state index < -0.39 is 6.04 Å². The Kier molecular flexibility index (Phi) is 7.80. The molecule has 1 saturated heterocycles. The summed E-state index contributed by atoms with van der Waals surface area (Å²) in [7, 11) is 0. The summed E-state index contributed by atoms with van der Waals surface area (Å²) >= 11 is 4.68. The molecule has 4 rings (SSSR count). The number of hydrogen-bond acceptors (Lipinski definition) is 4. The Hall–Kier alpha value is -2.97. The molecule has 34 heavy (non-hydrogen) atoms. The lowest BCUT2D eigenvalue weighted by Crippen LogP contribution is -2.45. The van der Waals surface area contributed by atoms with Crippen molar-refractivity contribution in [1.82, 2.24) is 10.2 Å². The number of thiophene rings is 1. The van der Waals surface area contributed by atoms with E-state index in [0.29, 0.717) is 22.5 Å². The van der Waals surface area contributed by atoms with Gasteiger partial charge in [0, 0.05) is 30.8 Å². The molecule has 176 valence electrons. The third-order valence-electron chi connectivity index (χ3n) is 5.82. The average molecular weight is 540 g/mol. The number of carbonyl (C=O) groups is 3. The van der Waals surface area contributed by atoms with Gasteiger partial charge in [-0.1, -0.05) is 30.3 Å². The smallest absolute Gasteiger partial charge is 0.262 e. The van der Waals surface area contributed by atoms with E-state index in [1.165, 1.54) is 11.3 Å². The van der Waals surface area contributed by atoms with Gasteiger partial charge in [-0.05, 0) is 77.2 Å². The van der Waals surface area contributed by atoms with E-state index in [9.17, 15) is 14.4 Å². The summed E-state index contributed by atoms with van der Waals surface area (Å²) in [6, 6.07) is 17.7. The number of benzene rings is 2. The highest BCUT2D eigenvalue weighted by Gasteiger charge is 2.24. The molecule has 2 heterocycles. The maximum Gasteiger partial charge on any atom is 0.262 e. The summed E-state index contributed by atoms with van der Waals surface area (Å²) in [5.74, 6) is -0.579. The van der Waals surface area contributed by atoms with Crippen LogP contribution in [0.1, 0.15) is 44.0 Å². The highest BCUT2D eigenvalue weighted by atomic mass is 79.9. The number of anilines is 1. The maximum atomic E-state index is 13.2. The quantitative estimate of drug-likeness (QED) is 0.441. The van der Waals surface area contributed by atoms with E-state index in [4.69, 9.17) is 0 Å². The van der Waals surface area contributed by atoms with Crippen LogP contribution in [0.5, 0.6) is 0 Å². The van der Waals surface area contributed by atoms with Gasteiger partial charge in [0.25, 0.3) is 11.8 Å². The van der Waals surface area contributed by atoms with Gasteiger partial charge in [0.05, 0.1) is 8.66 Å². The third-order valence-corrected chi connectivity index (χ3v) is 7.44. The Balaban J connectivity index is 1.49. The Morgan fingerprint density at radius 3 is 2.41 bits per heavy atom. The van der Waals surface area contributed by atoms with Crippen LogP contribution in [0.25, 0.3) is 0 Å². The predicted molar refractivity (Wildman–Crippen MR) is 138 cm³/mol. The van der Waals surface area contributed by atoms with Crippen molar-refractivity contribution in [3.63, 3.8) is 0 Å². The van der Waals surface area contributed by atoms with Crippen LogP contribution in [0.4, 0.5) is 5.69 Å². The van der Waals surface area contributed by atoms with Crippen molar-refractivity contribution >= 4 is 50.7 Å². The summed E-state index contributed by atoms with van der Waals surface area (Å²) in [5.41, 5.74) is 2.99. The topological polar surface area (TPSA) is 78.5 Å². The van der Waals surface area contributed by atoms with Crippen LogP contribution in [0, 0.1) is 6.92 Å². The standard InChI is InChI=1S/C26H26BrN3O3S/c1-17-15-19(9-10-20(17)26(33)30-13-5-6-14-30)28-24(31)21(16-18-7-3-2-4-8-18)29-25(32)22-11-12-23(27)34-22/h2-4,7-12,15,21H,5-6,13-14,16H2,1H3,(H,28,31)(H,29,32). The SMILES string of the molecule is Cc1cc(NC(=O)C(Cc2ccccc2)NC(=O)c2ccc(Br)s2)ccc1C(=O)N1CCCC1. The lowest BCUT2D eigenvalue weighted by atomic mass is 10.0. The maximum absolute atomic E-state index is 13.2. The minimum absolute atomic E-state index is 0.0317. The largest absolute Gasteiger partial charge is 0.339 e. The van der Waals surface area contributed by atoms with E-state index in [0.717, 1.165) is 40.8 Å². The van der Waals surface area contributed by atoms with Crippen LogP contribution < -0.4 is 10.6 Å². The molecule has 0 spiro atoms. The molecule has 1 unspecified atom stereocenters. The molecule has 3 amide bonds. The molecule has 2 N–H and O–H groups in total. The highest BCUT2D eigenvalue weighted by molar-refractivity contribution is 9.11. The number of nitrogens with one attached hydrogen (secondary N) is 2. The van der Waals surface area contributed by atoms with Crippen molar-refractivity contribution in [1.29, 1.82) is 0 Å². The van der Waals surface area contributed by atoms with Crippen LogP contribution in [-0.4, -0.2) is 41.8 Å². The van der Waals surface area contributed by atoms with Crippen molar-refractivity contribution < 1.29 is 14.4 Å². The molecule has 0 bridgehead atoms. The Labute approximate surface area is 211 Å². The van der Waals surface area contributed by atoms with Gasteiger partial charge in [0.1, 0.15) is 6.04 Å². The molecule has 1 aromatic heterocycles. The summed E-state index contributed by atoms with van der Waals surface area (Å²) in [6.07, 6.45) is 2.43. The molecule has 1 atom stereocenters. The number of likely N-dealkylation sites (tertiary alicyclic amines) is 1. The first-order valence-corrected chi connectivity index (χ1v) is 12.8. The van der Waals surface area contributed by atoms with E-state index in [1.54, 1.807) is 30.3 Å². The molecular formula is C26H26BrN3O3S. The van der Waals surface area contributed by atoms with Gasteiger partial charge in [0.2, 0.25) is 5.91 Å². The van der Waals surface area contributed by atoms with Gasteiger partial charge in [-0.2, -0.15) is 0 Å². The first-order chi connectivity index (χ1) is 16.4. The second kappa shape index (κ2) is 11.0. The lowest BCUT2D eigenvalue weighted by molar-refractivity contribution is -0.118. The first kappa shape index (κ1) is 24.2. The fourth-order valence-electron chi connectivity index (χ4n) is 4.03. The number of amides is 3. The monoisotopic (exact) mass is 539 g/mol. The molecule has 8 heteroatoms. The minimum Gasteiger partial charge on any atom is -0.339 e. The molecular weight excluding hydrogens is 514 g/mol. The number of carbonyl (C=O) groups excluding carboxylic acids is 3. The fraction of sp³-hybridized carbons (Fsp3) is 0.269. The molecule has 3 aromatic rings. The van der Waals surface area contributed by atoms with Gasteiger partial charge < -0.3 is 15.5 Å². The summed E-state index contributed by atoms with van der Waals surface area (Å²) in [6.45, 7) is 3.45. The first-order valence-electron chi connectivity index (χ1n) is 11.2. The third kappa shape index (κ3) is 5.93. The Bertz CT molecular complexity index is 1190. The van der Waals surface area contributed by atoms with Crippen LogP contribution in [-0.2, 0) is 11.2 Å². The zero-order chi connectivity index (χ0) is 24.1. The summed E-state index contributed by atoms with van der Waals surface area (Å²) < 4.78 is 0.848. The summed E-state index contributed by atoms with van der Waals surface area (Å²) in [4.78, 5) is 41.1. The number of halogens is 1. The molecule has 1 fully saturated rings. The summed E-state index contributed by atoms with van der Waals surface area (Å²) in [5, 5.41) is 5.79. The normalized spacial score (nSPS) is 14.0. The zero-order valence-corrected chi connectivity index (χ0v) is 21.2. The van der Waals surface area contributed by atoms with Gasteiger partial charge >= 0.3 is 0 Å². The Morgan fingerprint density at radius 2 is 1.76 bits per heavy atom. The van der Waals surface area contributed by atoms with Gasteiger partial charge in [-0.3, -0.25) is 14.4 Å². The van der Waals surface area contributed by atoms with Crippen molar-refractivity contribution in [2.45, 2.75) is 32.2 Å². The predicted octanol–water partition coefficient (Wildman–Crippen LogP) is 5.03. The highest BCUT2D eigenvalue weighted by Crippen LogP contribution is 2.23. The van der Waals surface area contributed by atoms with Crippen LogP contribution in [0.2, 0.25) is 0 Å².